The van der Waals surface area contributed by atoms with Crippen molar-refractivity contribution in [2.24, 2.45) is 0 Å². The third kappa shape index (κ3) is 3.19. The van der Waals surface area contributed by atoms with E-state index in [1.165, 1.54) is 11.3 Å². The molecule has 0 saturated heterocycles. The highest BCUT2D eigenvalue weighted by atomic mass is 32.1. The number of anilines is 1. The first-order valence-electron chi connectivity index (χ1n) is 6.50. The fourth-order valence-corrected chi connectivity index (χ4v) is 2.46. The third-order valence-corrected chi connectivity index (χ3v) is 3.50. The van der Waals surface area contributed by atoms with E-state index in [4.69, 9.17) is 15.0 Å². The minimum Gasteiger partial charge on any atom is -0.494 e. The first kappa shape index (κ1) is 13.6. The third-order valence-electron chi connectivity index (χ3n) is 2.77. The molecule has 1 aromatic carbocycles. The quantitative estimate of drug-likeness (QED) is 0.779. The molecule has 0 amide bonds. The fourth-order valence-electron chi connectivity index (χ4n) is 1.89. The van der Waals surface area contributed by atoms with Crippen molar-refractivity contribution in [2.75, 3.05) is 12.3 Å². The van der Waals surface area contributed by atoms with Gasteiger partial charge in [-0.2, -0.15) is 4.98 Å². The van der Waals surface area contributed by atoms with E-state index < -0.39 is 0 Å². The van der Waals surface area contributed by atoms with Gasteiger partial charge in [0.15, 0.2) is 5.13 Å². The normalized spacial score (nSPS) is 10.7. The molecular weight excluding hydrogens is 288 g/mol. The molecule has 2 N–H and O–H groups in total. The van der Waals surface area contributed by atoms with Crippen LogP contribution in [0.2, 0.25) is 0 Å². The molecule has 2 heterocycles. The maximum Gasteiger partial charge on any atom is 0.233 e. The molecule has 3 rings (SSSR count). The largest absolute Gasteiger partial charge is 0.494 e. The molecule has 0 aliphatic carbocycles. The summed E-state index contributed by atoms with van der Waals surface area (Å²) in [6.45, 7) is 2.56. The minimum absolute atomic E-state index is 0.478. The van der Waals surface area contributed by atoms with Crippen molar-refractivity contribution < 1.29 is 9.26 Å². The molecule has 0 bridgehead atoms. The van der Waals surface area contributed by atoms with Gasteiger partial charge in [-0.1, -0.05) is 17.3 Å². The Hall–Kier alpha value is -2.41. The molecule has 0 unspecified atom stereocenters. The molecule has 0 spiro atoms. The predicted molar refractivity (Wildman–Crippen MR) is 80.2 cm³/mol. The van der Waals surface area contributed by atoms with Crippen molar-refractivity contribution in [3.63, 3.8) is 0 Å². The summed E-state index contributed by atoms with van der Waals surface area (Å²) in [5.41, 5.74) is 7.29. The molecular formula is C14H14N4O2S. The molecule has 0 aliphatic heterocycles. The van der Waals surface area contributed by atoms with E-state index >= 15 is 0 Å². The SMILES string of the molecule is CCOc1cccc(-c2noc(Cc3csc(N)n3)n2)c1. The van der Waals surface area contributed by atoms with E-state index in [0.717, 1.165) is 17.0 Å². The van der Waals surface area contributed by atoms with Gasteiger partial charge in [0.05, 0.1) is 18.7 Å². The van der Waals surface area contributed by atoms with Crippen molar-refractivity contribution in [1.29, 1.82) is 0 Å². The van der Waals surface area contributed by atoms with E-state index in [9.17, 15) is 0 Å². The zero-order valence-electron chi connectivity index (χ0n) is 11.4. The standard InChI is InChI=1S/C14H14N4O2S/c1-2-19-11-5-3-4-9(6-11)13-17-12(20-18-13)7-10-8-21-14(15)16-10/h3-6,8H,2,7H2,1H3,(H2,15,16). The average molecular weight is 302 g/mol. The molecule has 0 saturated carbocycles. The molecule has 7 heteroatoms. The molecule has 0 fully saturated rings. The van der Waals surface area contributed by atoms with Gasteiger partial charge >= 0.3 is 0 Å². The number of rotatable bonds is 5. The van der Waals surface area contributed by atoms with Gasteiger partial charge in [-0.15, -0.1) is 11.3 Å². The molecule has 108 valence electrons. The highest BCUT2D eigenvalue weighted by Gasteiger charge is 2.11. The summed E-state index contributed by atoms with van der Waals surface area (Å²) >= 11 is 1.39. The van der Waals surface area contributed by atoms with Crippen molar-refractivity contribution >= 4 is 16.5 Å². The second kappa shape index (κ2) is 5.92. The number of ether oxygens (including phenoxy) is 1. The number of benzene rings is 1. The topological polar surface area (TPSA) is 87.1 Å². The van der Waals surface area contributed by atoms with Crippen LogP contribution in [0.25, 0.3) is 11.4 Å². The number of nitrogen functional groups attached to an aromatic ring is 1. The van der Waals surface area contributed by atoms with Gasteiger partial charge in [-0.25, -0.2) is 4.98 Å². The molecule has 0 atom stereocenters. The first-order valence-corrected chi connectivity index (χ1v) is 7.38. The summed E-state index contributed by atoms with van der Waals surface area (Å²) in [5.74, 6) is 1.83. The van der Waals surface area contributed by atoms with E-state index in [-0.39, 0.29) is 0 Å². The Morgan fingerprint density at radius 1 is 1.33 bits per heavy atom. The minimum atomic E-state index is 0.478. The smallest absolute Gasteiger partial charge is 0.233 e. The lowest BCUT2D eigenvalue weighted by Crippen LogP contribution is -1.92. The van der Waals surface area contributed by atoms with Crippen LogP contribution >= 0.6 is 11.3 Å². The van der Waals surface area contributed by atoms with E-state index in [0.29, 0.717) is 29.9 Å². The van der Waals surface area contributed by atoms with Gasteiger partial charge in [-0.3, -0.25) is 0 Å². The van der Waals surface area contributed by atoms with Crippen LogP contribution in [0.3, 0.4) is 0 Å². The second-order valence-corrected chi connectivity index (χ2v) is 5.22. The Kier molecular flexibility index (Phi) is 3.83. The molecule has 2 aromatic heterocycles. The molecule has 6 nitrogen and oxygen atoms in total. The van der Waals surface area contributed by atoms with Crippen LogP contribution in [0.15, 0.2) is 34.2 Å². The van der Waals surface area contributed by atoms with Crippen LogP contribution in [0.1, 0.15) is 18.5 Å². The highest BCUT2D eigenvalue weighted by molar-refractivity contribution is 7.13. The fraction of sp³-hybridized carbons (Fsp3) is 0.214. The van der Waals surface area contributed by atoms with E-state index in [2.05, 4.69) is 15.1 Å². The average Bonchev–Trinajstić information content (AvgIpc) is 3.10. The molecule has 0 aliphatic rings. The lowest BCUT2D eigenvalue weighted by Gasteiger charge is -2.02. The predicted octanol–water partition coefficient (Wildman–Crippen LogP) is 2.76. The van der Waals surface area contributed by atoms with Crippen LogP contribution in [0.4, 0.5) is 5.13 Å². The Morgan fingerprint density at radius 2 is 2.24 bits per heavy atom. The van der Waals surface area contributed by atoms with Crippen LogP contribution < -0.4 is 10.5 Å². The van der Waals surface area contributed by atoms with Crippen molar-refractivity contribution in [2.45, 2.75) is 13.3 Å². The Bertz CT molecular complexity index is 738. The van der Waals surface area contributed by atoms with E-state index in [1.54, 1.807) is 0 Å². The van der Waals surface area contributed by atoms with Gasteiger partial charge in [0, 0.05) is 10.9 Å². The summed E-state index contributed by atoms with van der Waals surface area (Å²) in [5, 5.41) is 6.41. The lowest BCUT2D eigenvalue weighted by atomic mass is 10.2. The van der Waals surface area contributed by atoms with Crippen LogP contribution in [0.5, 0.6) is 5.75 Å². The highest BCUT2D eigenvalue weighted by Crippen LogP contribution is 2.22. The van der Waals surface area contributed by atoms with Gasteiger partial charge in [0.25, 0.3) is 0 Å². The van der Waals surface area contributed by atoms with E-state index in [1.807, 2.05) is 36.6 Å². The molecule has 0 radical (unpaired) electrons. The number of thiazole rings is 1. The van der Waals surface area contributed by atoms with Crippen LogP contribution in [-0.2, 0) is 6.42 Å². The zero-order chi connectivity index (χ0) is 14.7. The van der Waals surface area contributed by atoms with Gasteiger partial charge < -0.3 is 15.0 Å². The first-order chi connectivity index (χ1) is 10.2. The Balaban J connectivity index is 1.79. The number of nitrogens with zero attached hydrogens (tertiary/aromatic N) is 3. The number of hydrogen-bond donors (Lipinski definition) is 1. The molecule has 3 aromatic rings. The summed E-state index contributed by atoms with van der Waals surface area (Å²) in [6, 6.07) is 7.60. The lowest BCUT2D eigenvalue weighted by molar-refractivity contribution is 0.340. The Labute approximate surface area is 125 Å². The molecule has 21 heavy (non-hydrogen) atoms. The summed E-state index contributed by atoms with van der Waals surface area (Å²) < 4.78 is 10.7. The summed E-state index contributed by atoms with van der Waals surface area (Å²) in [4.78, 5) is 8.55. The van der Waals surface area contributed by atoms with Gasteiger partial charge in [0.2, 0.25) is 11.7 Å². The van der Waals surface area contributed by atoms with Crippen LogP contribution in [0, 0.1) is 0 Å². The summed E-state index contributed by atoms with van der Waals surface area (Å²) in [6.07, 6.45) is 0.478. The number of nitrogens with two attached hydrogens (primary N) is 1. The van der Waals surface area contributed by atoms with Crippen LogP contribution in [-0.4, -0.2) is 21.7 Å². The monoisotopic (exact) mass is 302 g/mol. The number of aromatic nitrogens is 3. The maximum absolute atomic E-state index is 5.60. The maximum atomic E-state index is 5.60. The van der Waals surface area contributed by atoms with Gasteiger partial charge in [0.1, 0.15) is 5.75 Å². The van der Waals surface area contributed by atoms with Crippen molar-refractivity contribution in [1.82, 2.24) is 15.1 Å². The Morgan fingerprint density at radius 3 is 3.00 bits per heavy atom. The number of hydrogen-bond acceptors (Lipinski definition) is 7. The summed E-state index contributed by atoms with van der Waals surface area (Å²) in [7, 11) is 0. The van der Waals surface area contributed by atoms with Gasteiger partial charge in [-0.05, 0) is 19.1 Å². The van der Waals surface area contributed by atoms with Crippen molar-refractivity contribution in [3.8, 4) is 17.1 Å². The van der Waals surface area contributed by atoms with Crippen molar-refractivity contribution in [3.05, 3.63) is 41.2 Å². The zero-order valence-corrected chi connectivity index (χ0v) is 12.3. The second-order valence-electron chi connectivity index (χ2n) is 4.33.